The molecule has 0 aromatic rings. The van der Waals surface area contributed by atoms with Gasteiger partial charge in [0.1, 0.15) is 5.25 Å². The maximum atomic E-state index is 12.1. The summed E-state index contributed by atoms with van der Waals surface area (Å²) >= 11 is 0. The van der Waals surface area contributed by atoms with Crippen LogP contribution in [0, 0.1) is 0 Å². The zero-order chi connectivity index (χ0) is 11.8. The van der Waals surface area contributed by atoms with E-state index < -0.39 is 15.1 Å². The molecule has 2 aliphatic rings. The van der Waals surface area contributed by atoms with Crippen LogP contribution in [0.3, 0.4) is 0 Å². The molecule has 92 valence electrons. The number of nitrogens with one attached hydrogen (secondary N) is 1. The van der Waals surface area contributed by atoms with Gasteiger partial charge in [-0.2, -0.15) is 0 Å². The number of carbonyl (C=O) groups is 1. The van der Waals surface area contributed by atoms with E-state index in [1.165, 1.54) is 6.92 Å². The van der Waals surface area contributed by atoms with E-state index in [0.29, 0.717) is 0 Å². The molecule has 1 amide bonds. The highest BCUT2D eigenvalue weighted by Gasteiger charge is 2.38. The molecule has 2 rings (SSSR count). The van der Waals surface area contributed by atoms with Crippen molar-refractivity contribution in [1.82, 2.24) is 5.32 Å². The zero-order valence-electron chi connectivity index (χ0n) is 9.61. The molecule has 0 aromatic heterocycles. The molecule has 0 bridgehead atoms. The van der Waals surface area contributed by atoms with Crippen molar-refractivity contribution in [3.05, 3.63) is 0 Å². The largest absolute Gasteiger partial charge is 0.352 e. The number of sulfone groups is 1. The Morgan fingerprint density at radius 3 is 2.25 bits per heavy atom. The molecule has 0 saturated heterocycles. The number of hydrogen-bond acceptors (Lipinski definition) is 3. The molecule has 1 atom stereocenters. The molecule has 0 radical (unpaired) electrons. The summed E-state index contributed by atoms with van der Waals surface area (Å²) in [7, 11) is -3.27. The van der Waals surface area contributed by atoms with Crippen molar-refractivity contribution in [2.24, 2.45) is 0 Å². The van der Waals surface area contributed by atoms with E-state index in [0.717, 1.165) is 38.5 Å². The van der Waals surface area contributed by atoms with Gasteiger partial charge in [0, 0.05) is 6.04 Å². The van der Waals surface area contributed by atoms with Crippen molar-refractivity contribution in [1.29, 1.82) is 0 Å². The molecular weight excluding hydrogens is 226 g/mol. The van der Waals surface area contributed by atoms with Crippen molar-refractivity contribution in [3.63, 3.8) is 0 Å². The first-order valence-corrected chi connectivity index (χ1v) is 7.66. The van der Waals surface area contributed by atoms with Crippen LogP contribution in [0.15, 0.2) is 0 Å². The van der Waals surface area contributed by atoms with Gasteiger partial charge in [0.25, 0.3) is 0 Å². The highest BCUT2D eigenvalue weighted by molar-refractivity contribution is 7.93. The normalized spacial score (nSPS) is 24.3. The first-order valence-electron chi connectivity index (χ1n) is 6.05. The maximum Gasteiger partial charge on any atom is 0.238 e. The topological polar surface area (TPSA) is 63.2 Å². The van der Waals surface area contributed by atoms with Crippen LogP contribution in [0.2, 0.25) is 0 Å². The van der Waals surface area contributed by atoms with E-state index in [4.69, 9.17) is 0 Å². The van der Waals surface area contributed by atoms with Crippen molar-refractivity contribution >= 4 is 15.7 Å². The van der Waals surface area contributed by atoms with Gasteiger partial charge in [0.2, 0.25) is 5.91 Å². The SMILES string of the molecule is C[C@H](C(=O)NC1CC1)S(=O)(=O)C1CCCC1. The molecule has 0 aliphatic heterocycles. The molecule has 2 fully saturated rings. The monoisotopic (exact) mass is 245 g/mol. The van der Waals surface area contributed by atoms with Crippen molar-refractivity contribution < 1.29 is 13.2 Å². The Hall–Kier alpha value is -0.580. The van der Waals surface area contributed by atoms with Crippen molar-refractivity contribution in [3.8, 4) is 0 Å². The second-order valence-corrected chi connectivity index (χ2v) is 7.47. The van der Waals surface area contributed by atoms with Gasteiger partial charge in [0.15, 0.2) is 9.84 Å². The molecular formula is C11H19NO3S. The molecule has 4 nitrogen and oxygen atoms in total. The van der Waals surface area contributed by atoms with Crippen molar-refractivity contribution in [2.75, 3.05) is 0 Å². The molecule has 16 heavy (non-hydrogen) atoms. The summed E-state index contributed by atoms with van der Waals surface area (Å²) in [6, 6.07) is 0.230. The maximum absolute atomic E-state index is 12.1. The lowest BCUT2D eigenvalue weighted by atomic mass is 10.4. The molecule has 0 spiro atoms. The van der Waals surface area contributed by atoms with Gasteiger partial charge in [-0.05, 0) is 32.6 Å². The van der Waals surface area contributed by atoms with Gasteiger partial charge in [-0.15, -0.1) is 0 Å². The lowest BCUT2D eigenvalue weighted by Crippen LogP contribution is -2.42. The summed E-state index contributed by atoms with van der Waals surface area (Å²) in [5.74, 6) is -0.311. The first kappa shape index (κ1) is 11.9. The lowest BCUT2D eigenvalue weighted by molar-refractivity contribution is -0.120. The highest BCUT2D eigenvalue weighted by atomic mass is 32.2. The Labute approximate surface area is 96.7 Å². The molecule has 2 aliphatic carbocycles. The minimum Gasteiger partial charge on any atom is -0.352 e. The van der Waals surface area contributed by atoms with Gasteiger partial charge in [-0.25, -0.2) is 8.42 Å². The van der Waals surface area contributed by atoms with Crippen LogP contribution in [0.1, 0.15) is 45.4 Å². The van der Waals surface area contributed by atoms with Crippen LogP contribution < -0.4 is 5.32 Å². The molecule has 1 N–H and O–H groups in total. The second-order valence-electron chi connectivity index (χ2n) is 4.92. The van der Waals surface area contributed by atoms with Crippen molar-refractivity contribution in [2.45, 2.75) is 62.0 Å². The first-order chi connectivity index (χ1) is 7.51. The van der Waals surface area contributed by atoms with E-state index in [1.807, 2.05) is 0 Å². The van der Waals surface area contributed by atoms with Gasteiger partial charge in [-0.1, -0.05) is 12.8 Å². The second kappa shape index (κ2) is 4.35. The minimum atomic E-state index is -3.27. The van der Waals surface area contributed by atoms with Crippen LogP contribution in [0.25, 0.3) is 0 Å². The zero-order valence-corrected chi connectivity index (χ0v) is 10.4. The van der Waals surface area contributed by atoms with Gasteiger partial charge in [0.05, 0.1) is 5.25 Å². The third kappa shape index (κ3) is 2.39. The fourth-order valence-electron chi connectivity index (χ4n) is 2.20. The molecule has 2 saturated carbocycles. The number of hydrogen-bond donors (Lipinski definition) is 1. The van der Waals surface area contributed by atoms with E-state index >= 15 is 0 Å². The number of rotatable bonds is 4. The molecule has 0 aromatic carbocycles. The summed E-state index contributed by atoms with van der Waals surface area (Å²) < 4.78 is 24.2. The lowest BCUT2D eigenvalue weighted by Gasteiger charge is -2.17. The Bertz CT molecular complexity index is 367. The smallest absolute Gasteiger partial charge is 0.238 e. The van der Waals surface area contributed by atoms with Crippen LogP contribution in [-0.2, 0) is 14.6 Å². The summed E-state index contributed by atoms with van der Waals surface area (Å²) in [6.07, 6.45) is 5.37. The van der Waals surface area contributed by atoms with Gasteiger partial charge >= 0.3 is 0 Å². The average Bonchev–Trinajstić information content (AvgIpc) is 2.86. The minimum absolute atomic E-state index is 0.230. The Morgan fingerprint density at radius 2 is 1.75 bits per heavy atom. The van der Waals surface area contributed by atoms with E-state index in [-0.39, 0.29) is 17.2 Å². The standard InChI is InChI=1S/C11H19NO3S/c1-8(11(13)12-9-6-7-9)16(14,15)10-4-2-3-5-10/h8-10H,2-7H2,1H3,(H,12,13)/t8-/m1/s1. The van der Waals surface area contributed by atoms with Gasteiger partial charge in [-0.3, -0.25) is 4.79 Å². The fraction of sp³-hybridized carbons (Fsp3) is 0.909. The Morgan fingerprint density at radius 1 is 1.19 bits per heavy atom. The predicted octanol–water partition coefficient (Wildman–Crippen LogP) is 1.01. The van der Waals surface area contributed by atoms with Crippen LogP contribution in [0.4, 0.5) is 0 Å². The van der Waals surface area contributed by atoms with Crippen LogP contribution in [-0.4, -0.2) is 30.9 Å². The third-order valence-electron chi connectivity index (χ3n) is 3.55. The fourth-order valence-corrected chi connectivity index (χ4v) is 4.14. The van der Waals surface area contributed by atoms with Crippen LogP contribution in [0.5, 0.6) is 0 Å². The Kier molecular flexibility index (Phi) is 3.24. The third-order valence-corrected chi connectivity index (χ3v) is 6.15. The summed E-state index contributed by atoms with van der Waals surface area (Å²) in [6.45, 7) is 1.52. The predicted molar refractivity (Wildman–Crippen MR) is 61.8 cm³/mol. The number of carbonyl (C=O) groups excluding carboxylic acids is 1. The molecule has 0 unspecified atom stereocenters. The molecule has 0 heterocycles. The van der Waals surface area contributed by atoms with E-state index in [2.05, 4.69) is 5.32 Å². The highest BCUT2D eigenvalue weighted by Crippen LogP contribution is 2.28. The summed E-state index contributed by atoms with van der Waals surface area (Å²) in [4.78, 5) is 11.7. The average molecular weight is 245 g/mol. The van der Waals surface area contributed by atoms with E-state index in [9.17, 15) is 13.2 Å². The molecule has 5 heteroatoms. The summed E-state index contributed by atoms with van der Waals surface area (Å²) in [5, 5.41) is 1.60. The number of amides is 1. The van der Waals surface area contributed by atoms with E-state index in [1.54, 1.807) is 0 Å². The van der Waals surface area contributed by atoms with Crippen LogP contribution >= 0.6 is 0 Å². The Balaban J connectivity index is 2.00. The quantitative estimate of drug-likeness (QED) is 0.804. The summed E-state index contributed by atoms with van der Waals surface area (Å²) in [5.41, 5.74) is 0. The van der Waals surface area contributed by atoms with Gasteiger partial charge < -0.3 is 5.32 Å².